The van der Waals surface area contributed by atoms with Crippen LogP contribution in [-0.2, 0) is 32.3 Å². The number of ether oxygens (including phenoxy) is 2. The van der Waals surface area contributed by atoms with Gasteiger partial charge in [0.1, 0.15) is 0 Å². The first kappa shape index (κ1) is 21.5. The number of hydrogen-bond acceptors (Lipinski definition) is 7. The number of hydrogen-bond donors (Lipinski definition) is 0. The van der Waals surface area contributed by atoms with Crippen LogP contribution in [0.1, 0.15) is 19.8 Å². The van der Waals surface area contributed by atoms with Crippen LogP contribution in [0, 0.1) is 0 Å². The van der Waals surface area contributed by atoms with E-state index < -0.39 is 20.7 Å². The summed E-state index contributed by atoms with van der Waals surface area (Å²) >= 11 is 0. The predicted molar refractivity (Wildman–Crippen MR) is 86.7 cm³/mol. The van der Waals surface area contributed by atoms with Gasteiger partial charge in [0, 0.05) is 38.5 Å². The maximum absolute atomic E-state index is 11.8. The molecule has 132 valence electrons. The van der Waals surface area contributed by atoms with E-state index in [0.717, 1.165) is 0 Å². The summed E-state index contributed by atoms with van der Waals surface area (Å²) in [6.07, 6.45) is 2.36. The molecule has 0 N–H and O–H groups in total. The molecule has 0 amide bonds. The van der Waals surface area contributed by atoms with Crippen LogP contribution in [0.3, 0.4) is 0 Å². The Morgan fingerprint density at radius 1 is 1.04 bits per heavy atom. The van der Waals surface area contributed by atoms with Gasteiger partial charge in [-0.05, 0) is 19.8 Å². The predicted octanol–water partition coefficient (Wildman–Crippen LogP) is 1.86. The van der Waals surface area contributed by atoms with Crippen LogP contribution in [0.5, 0.6) is 0 Å². The number of rotatable bonds is 11. The summed E-state index contributed by atoms with van der Waals surface area (Å²) in [4.78, 5) is 23.0. The lowest BCUT2D eigenvalue weighted by molar-refractivity contribution is -0.139. The van der Waals surface area contributed by atoms with Crippen LogP contribution in [0.15, 0.2) is 23.8 Å². The highest BCUT2D eigenvalue weighted by Gasteiger charge is 2.37. The van der Waals surface area contributed by atoms with Crippen molar-refractivity contribution in [2.24, 2.45) is 0 Å². The minimum absolute atomic E-state index is 0.211. The number of allylic oxidation sites excluding steroid dienone is 1. The highest BCUT2D eigenvalue weighted by Crippen LogP contribution is 2.15. The molecule has 0 aromatic carbocycles. The van der Waals surface area contributed by atoms with Gasteiger partial charge in [-0.25, -0.2) is 9.59 Å². The molecule has 0 saturated carbocycles. The van der Waals surface area contributed by atoms with Gasteiger partial charge in [0.05, 0.1) is 13.7 Å². The molecule has 0 saturated heterocycles. The largest absolute Gasteiger partial charge is 0.500 e. The van der Waals surface area contributed by atoms with Gasteiger partial charge in [-0.1, -0.05) is 12.7 Å². The van der Waals surface area contributed by atoms with Gasteiger partial charge in [-0.2, -0.15) is 0 Å². The fourth-order valence-electron chi connectivity index (χ4n) is 1.72. The second-order valence-corrected chi connectivity index (χ2v) is 7.81. The molecule has 0 unspecified atom stereocenters. The SMILES string of the molecule is C=C(CC=C(C)C(=O)OC)C(=O)OCCC[Si](OC)(OC)OC. The average molecular weight is 346 g/mol. The van der Waals surface area contributed by atoms with E-state index >= 15 is 0 Å². The fourth-order valence-corrected chi connectivity index (χ4v) is 3.41. The molecule has 7 nitrogen and oxygen atoms in total. The van der Waals surface area contributed by atoms with Crippen molar-refractivity contribution >= 4 is 20.7 Å². The van der Waals surface area contributed by atoms with Gasteiger partial charge in [-0.3, -0.25) is 0 Å². The lowest BCUT2D eigenvalue weighted by Crippen LogP contribution is -2.42. The smallest absolute Gasteiger partial charge is 0.466 e. The maximum atomic E-state index is 11.8. The molecule has 0 atom stereocenters. The number of methoxy groups -OCH3 is 1. The molecule has 0 bridgehead atoms. The minimum Gasteiger partial charge on any atom is -0.466 e. The molecule has 0 aromatic heterocycles. The average Bonchev–Trinajstić information content (AvgIpc) is 2.59. The molecule has 0 heterocycles. The number of carbonyl (C=O) groups excluding carboxylic acids is 2. The van der Waals surface area contributed by atoms with Gasteiger partial charge < -0.3 is 22.8 Å². The number of esters is 2. The normalized spacial score (nSPS) is 12.0. The Balaban J connectivity index is 4.21. The molecule has 0 fully saturated rings. The molecular weight excluding hydrogens is 320 g/mol. The van der Waals surface area contributed by atoms with Crippen molar-refractivity contribution in [2.75, 3.05) is 35.0 Å². The van der Waals surface area contributed by atoms with Crippen LogP contribution in [-0.4, -0.2) is 55.8 Å². The molecular formula is C15H26O7Si. The van der Waals surface area contributed by atoms with E-state index in [-0.39, 0.29) is 18.6 Å². The summed E-state index contributed by atoms with van der Waals surface area (Å²) in [7, 11) is 3.25. The second kappa shape index (κ2) is 11.1. The maximum Gasteiger partial charge on any atom is 0.500 e. The lowest BCUT2D eigenvalue weighted by Gasteiger charge is -2.24. The zero-order valence-corrected chi connectivity index (χ0v) is 15.5. The monoisotopic (exact) mass is 346 g/mol. The molecule has 23 heavy (non-hydrogen) atoms. The van der Waals surface area contributed by atoms with Crippen LogP contribution in [0.2, 0.25) is 6.04 Å². The third-order valence-electron chi connectivity index (χ3n) is 3.24. The van der Waals surface area contributed by atoms with Gasteiger partial charge in [0.2, 0.25) is 0 Å². The van der Waals surface area contributed by atoms with Gasteiger partial charge >= 0.3 is 20.7 Å². The Kier molecular flexibility index (Phi) is 10.4. The van der Waals surface area contributed by atoms with Crippen molar-refractivity contribution in [1.82, 2.24) is 0 Å². The van der Waals surface area contributed by atoms with Crippen LogP contribution in [0.4, 0.5) is 0 Å². The zero-order valence-electron chi connectivity index (χ0n) is 14.5. The summed E-state index contributed by atoms with van der Waals surface area (Å²) < 4.78 is 25.5. The minimum atomic E-state index is -2.64. The Bertz CT molecular complexity index is 433. The molecule has 0 aliphatic carbocycles. The first-order valence-corrected chi connectivity index (χ1v) is 9.04. The molecule has 0 spiro atoms. The first-order chi connectivity index (χ1) is 10.9. The van der Waals surface area contributed by atoms with E-state index in [1.165, 1.54) is 28.4 Å². The lowest BCUT2D eigenvalue weighted by atomic mass is 10.1. The Morgan fingerprint density at radius 3 is 2.09 bits per heavy atom. The number of carbonyl (C=O) groups is 2. The molecule has 0 radical (unpaired) electrons. The van der Waals surface area contributed by atoms with E-state index in [9.17, 15) is 9.59 Å². The summed E-state index contributed by atoms with van der Waals surface area (Å²) in [5, 5.41) is 0. The van der Waals surface area contributed by atoms with Crippen molar-refractivity contribution in [3.8, 4) is 0 Å². The molecule has 0 aromatic rings. The van der Waals surface area contributed by atoms with Crippen LogP contribution < -0.4 is 0 Å². The summed E-state index contributed by atoms with van der Waals surface area (Å²) in [6, 6.07) is 0.539. The Morgan fingerprint density at radius 2 is 1.61 bits per heavy atom. The topological polar surface area (TPSA) is 80.3 Å². The Labute approximate surface area is 138 Å². The standard InChI is InChI=1S/C15H26O7Si/c1-12(14(16)18-3)8-9-13(2)15(17)22-10-7-11-23(19-4,20-5)21-6/h8H,2,7,9-11H2,1,3-6H3. The van der Waals surface area contributed by atoms with Gasteiger partial charge in [0.25, 0.3) is 0 Å². The van der Waals surface area contributed by atoms with Crippen molar-refractivity contribution in [3.05, 3.63) is 23.8 Å². The summed E-state index contributed by atoms with van der Waals surface area (Å²) in [5.41, 5.74) is 0.680. The first-order valence-electron chi connectivity index (χ1n) is 7.11. The van der Waals surface area contributed by atoms with Gasteiger partial charge in [0.15, 0.2) is 0 Å². The summed E-state index contributed by atoms with van der Waals surface area (Å²) in [5.74, 6) is -0.940. The third kappa shape index (κ3) is 7.55. The highest BCUT2D eigenvalue weighted by molar-refractivity contribution is 6.60. The van der Waals surface area contributed by atoms with Crippen molar-refractivity contribution in [3.63, 3.8) is 0 Å². The van der Waals surface area contributed by atoms with Crippen molar-refractivity contribution < 1.29 is 32.3 Å². The van der Waals surface area contributed by atoms with E-state index in [2.05, 4.69) is 11.3 Å². The summed E-state index contributed by atoms with van der Waals surface area (Å²) in [6.45, 7) is 5.47. The van der Waals surface area contributed by atoms with E-state index in [1.54, 1.807) is 13.0 Å². The van der Waals surface area contributed by atoms with Crippen molar-refractivity contribution in [1.29, 1.82) is 0 Å². The highest BCUT2D eigenvalue weighted by atomic mass is 28.4. The molecule has 0 aliphatic heterocycles. The van der Waals surface area contributed by atoms with E-state index in [1.807, 2.05) is 0 Å². The Hall–Kier alpha value is -1.48. The zero-order chi connectivity index (χ0) is 17.9. The fraction of sp³-hybridized carbons (Fsp3) is 0.600. The molecule has 8 heteroatoms. The second-order valence-electron chi connectivity index (χ2n) is 4.72. The molecule has 0 rings (SSSR count). The third-order valence-corrected chi connectivity index (χ3v) is 6.08. The van der Waals surface area contributed by atoms with Gasteiger partial charge in [-0.15, -0.1) is 0 Å². The van der Waals surface area contributed by atoms with E-state index in [4.69, 9.17) is 18.0 Å². The van der Waals surface area contributed by atoms with Crippen LogP contribution >= 0.6 is 0 Å². The van der Waals surface area contributed by atoms with Crippen molar-refractivity contribution in [2.45, 2.75) is 25.8 Å². The van der Waals surface area contributed by atoms with Crippen LogP contribution in [0.25, 0.3) is 0 Å². The molecule has 0 aliphatic rings. The van der Waals surface area contributed by atoms with E-state index in [0.29, 0.717) is 18.0 Å². The quantitative estimate of drug-likeness (QED) is 0.244.